The molecule has 0 heterocycles. The number of methoxy groups -OCH3 is 2. The molecule has 2 fully saturated rings. The number of carbonyl (C=O) groups is 1. The van der Waals surface area contributed by atoms with Crippen LogP contribution >= 0.6 is 0 Å². The smallest absolute Gasteiger partial charge is 0.259 e. The van der Waals surface area contributed by atoms with E-state index in [2.05, 4.69) is 18.2 Å². The molecule has 0 atom stereocenters. The van der Waals surface area contributed by atoms with Gasteiger partial charge in [-0.1, -0.05) is 12.1 Å². The van der Waals surface area contributed by atoms with E-state index in [9.17, 15) is 4.79 Å². The van der Waals surface area contributed by atoms with Gasteiger partial charge in [-0.3, -0.25) is 4.79 Å². The molecule has 1 amide bonds. The van der Waals surface area contributed by atoms with Crippen LogP contribution in [0.3, 0.4) is 0 Å². The molecular weight excluding hydrogens is 418 g/mol. The largest absolute Gasteiger partial charge is 0.497 e. The summed E-state index contributed by atoms with van der Waals surface area (Å²) in [7, 11) is 3.10. The SMILES string of the molecule is COc1ccc(OC)c(C(=O)Nc2ccc([C]3[CH][CH][CH][CH]3)cc2)c1.[CH]1[CH][CH][CH][CH]1.[Fe]. The first kappa shape index (κ1) is 24.3. The Morgan fingerprint density at radius 1 is 0.767 bits per heavy atom. The second kappa shape index (κ2) is 12.7. The van der Waals surface area contributed by atoms with Crippen molar-refractivity contribution in [2.75, 3.05) is 19.5 Å². The molecule has 4 nitrogen and oxygen atoms in total. The summed E-state index contributed by atoms with van der Waals surface area (Å²) in [6.07, 6.45) is 18.1. The van der Waals surface area contributed by atoms with E-state index in [0.717, 1.165) is 17.2 Å². The van der Waals surface area contributed by atoms with Crippen LogP contribution in [0.15, 0.2) is 42.5 Å². The Morgan fingerprint density at radius 2 is 1.37 bits per heavy atom. The maximum absolute atomic E-state index is 12.5. The molecule has 0 spiro atoms. The minimum absolute atomic E-state index is 0. The van der Waals surface area contributed by atoms with Crippen molar-refractivity contribution in [3.05, 3.63) is 117 Å². The molecule has 0 saturated heterocycles. The minimum atomic E-state index is -0.244. The van der Waals surface area contributed by atoms with Crippen molar-refractivity contribution in [2.24, 2.45) is 0 Å². The van der Waals surface area contributed by atoms with Crippen molar-refractivity contribution in [2.45, 2.75) is 0 Å². The number of carbonyl (C=O) groups excluding carboxylic acids is 1. The van der Waals surface area contributed by atoms with Crippen molar-refractivity contribution >= 4 is 11.6 Å². The van der Waals surface area contributed by atoms with Gasteiger partial charge in [-0.25, -0.2) is 0 Å². The predicted octanol–water partition coefficient (Wildman–Crippen LogP) is 4.73. The van der Waals surface area contributed by atoms with Crippen molar-refractivity contribution in [3.63, 3.8) is 0 Å². The third-order valence-corrected chi connectivity index (χ3v) is 4.35. The van der Waals surface area contributed by atoms with Gasteiger partial charge >= 0.3 is 0 Å². The van der Waals surface area contributed by atoms with E-state index in [-0.39, 0.29) is 23.0 Å². The molecule has 2 aromatic carbocycles. The van der Waals surface area contributed by atoms with Crippen molar-refractivity contribution in [3.8, 4) is 11.5 Å². The molecule has 0 aliphatic heterocycles. The van der Waals surface area contributed by atoms with Crippen molar-refractivity contribution in [1.82, 2.24) is 0 Å². The van der Waals surface area contributed by atoms with Crippen molar-refractivity contribution < 1.29 is 31.3 Å². The number of hydrogen-bond donors (Lipinski definition) is 1. The van der Waals surface area contributed by atoms with Gasteiger partial charge in [0.1, 0.15) is 11.5 Å². The molecule has 2 aliphatic carbocycles. The molecule has 1 N–H and O–H groups in total. The Bertz CT molecular complexity index is 774. The zero-order valence-electron chi connectivity index (χ0n) is 16.8. The first-order valence-corrected chi connectivity index (χ1v) is 9.23. The summed E-state index contributed by atoms with van der Waals surface area (Å²) in [4.78, 5) is 12.5. The number of rotatable bonds is 5. The van der Waals surface area contributed by atoms with Crippen LogP contribution < -0.4 is 14.8 Å². The third kappa shape index (κ3) is 6.78. The van der Waals surface area contributed by atoms with Crippen LogP contribution in [0.4, 0.5) is 5.69 Å². The van der Waals surface area contributed by atoms with Crippen molar-refractivity contribution in [1.29, 1.82) is 0 Å². The molecule has 154 valence electrons. The zero-order chi connectivity index (χ0) is 20.5. The van der Waals surface area contributed by atoms with Gasteiger partial charge in [0, 0.05) is 28.7 Å². The summed E-state index contributed by atoms with van der Waals surface area (Å²) in [6, 6.07) is 12.9. The Kier molecular flexibility index (Phi) is 10.3. The first-order chi connectivity index (χ1) is 14.2. The van der Waals surface area contributed by atoms with Crippen LogP contribution in [0, 0.1) is 63.7 Å². The third-order valence-electron chi connectivity index (χ3n) is 4.35. The van der Waals surface area contributed by atoms with Gasteiger partial charge in [-0.05, 0) is 93.7 Å². The maximum atomic E-state index is 12.5. The number of nitrogens with one attached hydrogen (secondary N) is 1. The minimum Gasteiger partial charge on any atom is -0.497 e. The summed E-state index contributed by atoms with van der Waals surface area (Å²) in [5.41, 5.74) is 2.26. The van der Waals surface area contributed by atoms with Gasteiger partial charge in [0.15, 0.2) is 0 Å². The first-order valence-electron chi connectivity index (χ1n) is 9.23. The van der Waals surface area contributed by atoms with Gasteiger partial charge in [-0.15, -0.1) is 0 Å². The molecule has 4 rings (SSSR count). The number of hydrogen-bond acceptors (Lipinski definition) is 3. The van der Waals surface area contributed by atoms with E-state index >= 15 is 0 Å². The van der Waals surface area contributed by atoms with Gasteiger partial charge in [-0.2, -0.15) is 0 Å². The van der Waals surface area contributed by atoms with Crippen LogP contribution in [-0.2, 0) is 17.1 Å². The second-order valence-corrected chi connectivity index (χ2v) is 6.23. The zero-order valence-corrected chi connectivity index (χ0v) is 17.9. The number of benzene rings is 2. The molecule has 2 aromatic rings. The van der Waals surface area contributed by atoms with Crippen LogP contribution in [0.2, 0.25) is 0 Å². The van der Waals surface area contributed by atoms with Gasteiger partial charge in [0.25, 0.3) is 5.91 Å². The van der Waals surface area contributed by atoms with E-state index in [1.807, 2.05) is 69.2 Å². The molecule has 0 aromatic heterocycles. The normalized spacial score (nSPS) is 15.5. The van der Waals surface area contributed by atoms with Gasteiger partial charge in [0.2, 0.25) is 0 Å². The summed E-state index contributed by atoms with van der Waals surface area (Å²) < 4.78 is 10.4. The number of ether oxygens (including phenoxy) is 2. The number of anilines is 1. The predicted molar refractivity (Wildman–Crippen MR) is 115 cm³/mol. The van der Waals surface area contributed by atoms with Crippen LogP contribution in [0.5, 0.6) is 11.5 Å². The van der Waals surface area contributed by atoms with E-state index in [0.29, 0.717) is 17.1 Å². The summed E-state index contributed by atoms with van der Waals surface area (Å²) in [5, 5.41) is 2.88. The molecule has 2 saturated carbocycles. The molecule has 0 bridgehead atoms. The fourth-order valence-corrected chi connectivity index (χ4v) is 2.82. The van der Waals surface area contributed by atoms with Crippen LogP contribution in [0.25, 0.3) is 0 Å². The summed E-state index contributed by atoms with van der Waals surface area (Å²) >= 11 is 0. The molecule has 2 aliphatic rings. The second-order valence-electron chi connectivity index (χ2n) is 6.23. The van der Waals surface area contributed by atoms with Crippen LogP contribution in [-0.4, -0.2) is 20.1 Å². The Hall–Kier alpha value is -1.97. The van der Waals surface area contributed by atoms with E-state index in [4.69, 9.17) is 9.47 Å². The monoisotopic (exact) mass is 441 g/mol. The molecule has 10 radical (unpaired) electrons. The van der Waals surface area contributed by atoms with Gasteiger partial charge in [0.05, 0.1) is 19.8 Å². The fourth-order valence-electron chi connectivity index (χ4n) is 2.82. The quantitative estimate of drug-likeness (QED) is 0.683. The Balaban J connectivity index is 0.000000468. The van der Waals surface area contributed by atoms with Gasteiger partial charge < -0.3 is 14.8 Å². The maximum Gasteiger partial charge on any atom is 0.259 e. The standard InChI is InChI=1S/C20H18NO3.C5H5.Fe/c1-23-17-11-12-19(24-2)18(13-17)20(22)21-16-9-7-15(8-10-16)14-5-3-4-6-14;1-2-4-5-3-1;/h3-13H,1-2H3,(H,21,22);1-5H;. The van der Waals surface area contributed by atoms with E-state index in [1.165, 1.54) is 7.11 Å². The molecule has 30 heavy (non-hydrogen) atoms. The molecule has 0 unspecified atom stereocenters. The summed E-state index contributed by atoms with van der Waals surface area (Å²) in [5.74, 6) is 2.02. The Morgan fingerprint density at radius 3 is 1.90 bits per heavy atom. The number of amides is 1. The summed E-state index contributed by atoms with van der Waals surface area (Å²) in [6.45, 7) is 0. The van der Waals surface area contributed by atoms with E-state index in [1.54, 1.807) is 25.3 Å². The topological polar surface area (TPSA) is 47.6 Å². The fraction of sp³-hybridized carbons (Fsp3) is 0.0800. The van der Waals surface area contributed by atoms with Crippen LogP contribution in [0.1, 0.15) is 15.9 Å². The average molecular weight is 441 g/mol. The Labute approximate surface area is 191 Å². The molecule has 5 heteroatoms. The van der Waals surface area contributed by atoms with E-state index < -0.39 is 0 Å². The average Bonchev–Trinajstić information content (AvgIpc) is 3.50. The molecular formula is C25H23FeNO3.